The van der Waals surface area contributed by atoms with Crippen molar-refractivity contribution in [1.82, 2.24) is 29.2 Å². The first kappa shape index (κ1) is 25.9. The predicted molar refractivity (Wildman–Crippen MR) is 139 cm³/mol. The van der Waals surface area contributed by atoms with Crippen LogP contribution in [0.15, 0.2) is 63.9 Å². The van der Waals surface area contributed by atoms with Crippen molar-refractivity contribution in [3.05, 3.63) is 88.4 Å². The summed E-state index contributed by atoms with van der Waals surface area (Å²) in [5.41, 5.74) is 1.57. The van der Waals surface area contributed by atoms with E-state index in [0.29, 0.717) is 22.3 Å². The van der Waals surface area contributed by atoms with Crippen LogP contribution in [0.3, 0.4) is 0 Å². The van der Waals surface area contributed by atoms with Gasteiger partial charge in [-0.1, -0.05) is 18.2 Å². The van der Waals surface area contributed by atoms with Crippen molar-refractivity contribution in [3.63, 3.8) is 0 Å². The molecule has 1 aliphatic rings. The minimum absolute atomic E-state index is 0.0276. The number of fused-ring (bicyclic) bond motifs is 1. The molecule has 4 heterocycles. The molecule has 8 nitrogen and oxygen atoms in total. The summed E-state index contributed by atoms with van der Waals surface area (Å²) in [5, 5.41) is 6.94. The lowest BCUT2D eigenvalue weighted by atomic mass is 10.0. The molecule has 3 aromatic heterocycles. The lowest BCUT2D eigenvalue weighted by Gasteiger charge is -2.29. The number of hydrogen-bond donors (Lipinski definition) is 0. The van der Waals surface area contributed by atoms with Crippen molar-refractivity contribution in [2.24, 2.45) is 0 Å². The van der Waals surface area contributed by atoms with E-state index in [1.54, 1.807) is 28.8 Å². The van der Waals surface area contributed by atoms with E-state index in [1.807, 2.05) is 7.05 Å². The van der Waals surface area contributed by atoms with Gasteiger partial charge in [-0.3, -0.25) is 14.1 Å². The predicted octanol–water partition coefficient (Wildman–Crippen LogP) is 5.45. The summed E-state index contributed by atoms with van der Waals surface area (Å²) in [5.74, 6) is -2.10. The number of nitrogens with zero attached hydrogens (tertiary/aromatic N) is 6. The number of benzene rings is 2. The first-order valence-corrected chi connectivity index (χ1v) is 12.7. The second-order valence-electron chi connectivity index (χ2n) is 9.86. The van der Waals surface area contributed by atoms with E-state index in [1.165, 1.54) is 35.0 Å². The quantitative estimate of drug-likeness (QED) is 0.261. The van der Waals surface area contributed by atoms with Crippen molar-refractivity contribution in [2.75, 3.05) is 20.1 Å². The van der Waals surface area contributed by atoms with Gasteiger partial charge in [-0.25, -0.2) is 13.6 Å². The fourth-order valence-corrected chi connectivity index (χ4v) is 5.19. The fourth-order valence-electron chi connectivity index (χ4n) is 5.19. The van der Waals surface area contributed by atoms with Gasteiger partial charge >= 0.3 is 12.1 Å². The molecule has 0 bridgehead atoms. The van der Waals surface area contributed by atoms with Crippen LogP contribution in [0, 0.1) is 11.6 Å². The largest absolute Gasteiger partial charge is 0.415 e. The maximum atomic E-state index is 15.4. The Bertz CT molecular complexity index is 1740. The Morgan fingerprint density at radius 2 is 1.75 bits per heavy atom. The van der Waals surface area contributed by atoms with Gasteiger partial charge in [0.25, 0.3) is 5.89 Å². The molecule has 0 atom stereocenters. The molecule has 0 unspecified atom stereocenters. The highest BCUT2D eigenvalue weighted by Gasteiger charge is 2.26. The van der Waals surface area contributed by atoms with E-state index in [0.717, 1.165) is 25.9 Å². The van der Waals surface area contributed by atoms with Crippen LogP contribution in [0.5, 0.6) is 0 Å². The maximum Gasteiger partial charge on any atom is 0.329 e. The van der Waals surface area contributed by atoms with Crippen LogP contribution < -0.4 is 5.69 Å². The second kappa shape index (κ2) is 10.3. The van der Waals surface area contributed by atoms with Crippen molar-refractivity contribution in [2.45, 2.75) is 31.9 Å². The summed E-state index contributed by atoms with van der Waals surface area (Å²) in [6, 6.07) is 11.8. The molecule has 0 radical (unpaired) electrons. The monoisotopic (exact) mass is 552 g/mol. The Labute approximate surface area is 225 Å². The number of imidazole rings is 1. The molecule has 0 saturated carbocycles. The zero-order valence-corrected chi connectivity index (χ0v) is 21.4. The molecule has 0 N–H and O–H groups in total. The maximum absolute atomic E-state index is 15.4. The van der Waals surface area contributed by atoms with Crippen LogP contribution in [0.4, 0.5) is 17.6 Å². The molecular weight excluding hydrogens is 528 g/mol. The molecular formula is C28H24F4N6O2. The van der Waals surface area contributed by atoms with E-state index < -0.39 is 24.0 Å². The molecule has 12 heteroatoms. The van der Waals surface area contributed by atoms with Gasteiger partial charge in [0.05, 0.1) is 28.8 Å². The topological polar surface area (TPSA) is 82.0 Å². The highest BCUT2D eigenvalue weighted by molar-refractivity contribution is 5.83. The van der Waals surface area contributed by atoms with Crippen LogP contribution in [-0.2, 0) is 6.54 Å². The van der Waals surface area contributed by atoms with Crippen LogP contribution in [0.2, 0.25) is 0 Å². The van der Waals surface area contributed by atoms with Gasteiger partial charge in [-0.2, -0.15) is 8.78 Å². The number of pyridine rings is 1. The van der Waals surface area contributed by atoms with Gasteiger partial charge in [0.15, 0.2) is 0 Å². The molecule has 5 aromatic rings. The van der Waals surface area contributed by atoms with Gasteiger partial charge in [-0.05, 0) is 57.2 Å². The number of aromatic nitrogens is 5. The van der Waals surface area contributed by atoms with E-state index in [9.17, 15) is 18.0 Å². The first-order chi connectivity index (χ1) is 19.3. The third-order valence-corrected chi connectivity index (χ3v) is 7.29. The van der Waals surface area contributed by atoms with Crippen LogP contribution in [0.1, 0.15) is 36.9 Å². The number of piperidine rings is 1. The van der Waals surface area contributed by atoms with Crippen LogP contribution in [0.25, 0.3) is 33.6 Å². The van der Waals surface area contributed by atoms with Crippen LogP contribution >= 0.6 is 0 Å². The van der Waals surface area contributed by atoms with Crippen LogP contribution in [-0.4, -0.2) is 49.4 Å². The van der Waals surface area contributed by atoms with Gasteiger partial charge in [0.1, 0.15) is 11.6 Å². The first-order valence-electron chi connectivity index (χ1n) is 12.7. The normalized spacial score (nSPS) is 14.9. The summed E-state index contributed by atoms with van der Waals surface area (Å²) in [7, 11) is 2.02. The number of rotatable bonds is 6. The molecule has 0 amide bonds. The number of likely N-dealkylation sites (tertiary alicyclic amines) is 1. The highest BCUT2D eigenvalue weighted by Crippen LogP contribution is 2.32. The average molecular weight is 553 g/mol. The van der Waals surface area contributed by atoms with E-state index in [4.69, 9.17) is 4.42 Å². The number of halogens is 4. The van der Waals surface area contributed by atoms with Gasteiger partial charge in [-0.15, -0.1) is 10.2 Å². The van der Waals surface area contributed by atoms with Crippen molar-refractivity contribution in [3.8, 4) is 22.6 Å². The SMILES string of the molecule is CN1CCC(n2c(=O)n(Cc3ccc(-c4nnc(C(F)F)o4)cn3)c3cc(F)c(-c4ccccc4F)cc32)CC1. The van der Waals surface area contributed by atoms with Gasteiger partial charge in [0, 0.05) is 29.4 Å². The molecule has 1 fully saturated rings. The molecule has 2 aromatic carbocycles. The minimum atomic E-state index is -2.89. The third-order valence-electron chi connectivity index (χ3n) is 7.29. The summed E-state index contributed by atoms with van der Waals surface area (Å²) in [4.78, 5) is 20.4. The average Bonchev–Trinajstić information content (AvgIpc) is 3.54. The lowest BCUT2D eigenvalue weighted by Crippen LogP contribution is -2.36. The Morgan fingerprint density at radius 1 is 0.975 bits per heavy atom. The highest BCUT2D eigenvalue weighted by atomic mass is 19.3. The lowest BCUT2D eigenvalue weighted by molar-refractivity contribution is 0.116. The Hall–Kier alpha value is -4.32. The number of hydrogen-bond acceptors (Lipinski definition) is 6. The van der Waals surface area contributed by atoms with Crippen molar-refractivity contribution >= 4 is 11.0 Å². The molecule has 0 spiro atoms. The fraction of sp³-hybridized carbons (Fsp3) is 0.286. The molecule has 6 rings (SSSR count). The van der Waals surface area contributed by atoms with Crippen molar-refractivity contribution in [1.29, 1.82) is 0 Å². The minimum Gasteiger partial charge on any atom is -0.415 e. The van der Waals surface area contributed by atoms with Gasteiger partial charge < -0.3 is 9.32 Å². The van der Waals surface area contributed by atoms with E-state index >= 15 is 4.39 Å². The Kier molecular flexibility index (Phi) is 6.70. The Morgan fingerprint density at radius 3 is 2.42 bits per heavy atom. The molecule has 0 aliphatic carbocycles. The smallest absolute Gasteiger partial charge is 0.329 e. The summed E-state index contributed by atoms with van der Waals surface area (Å²) >= 11 is 0. The van der Waals surface area contributed by atoms with Gasteiger partial charge in [0.2, 0.25) is 5.89 Å². The molecule has 1 saturated heterocycles. The zero-order chi connectivity index (χ0) is 28.0. The molecule has 206 valence electrons. The Balaban J connectivity index is 1.42. The summed E-state index contributed by atoms with van der Waals surface area (Å²) in [6.07, 6.45) is -0.0308. The zero-order valence-electron chi connectivity index (χ0n) is 21.4. The van der Waals surface area contributed by atoms with Crippen molar-refractivity contribution < 1.29 is 22.0 Å². The summed E-state index contributed by atoms with van der Waals surface area (Å²) in [6.45, 7) is 1.63. The number of alkyl halides is 2. The van der Waals surface area contributed by atoms with E-state index in [2.05, 4.69) is 20.1 Å². The standard InChI is InChI=1S/C28H24F4N6O2/c1-36-10-8-18(9-11-36)38-24-12-20(19-4-2-3-5-21(19)29)22(30)13-23(24)37(28(38)39)15-17-7-6-16(14-33-17)26-34-35-27(40-26)25(31)32/h2-7,12-14,18,25H,8-11,15H2,1H3. The second-order valence-corrected chi connectivity index (χ2v) is 9.86. The third kappa shape index (κ3) is 4.68. The molecule has 40 heavy (non-hydrogen) atoms. The summed E-state index contributed by atoms with van der Waals surface area (Å²) < 4.78 is 63.8. The van der Waals surface area contributed by atoms with E-state index in [-0.39, 0.29) is 35.3 Å². The molecule has 1 aliphatic heterocycles.